The monoisotopic (exact) mass is 367 g/mol. The lowest BCUT2D eigenvalue weighted by Gasteiger charge is -2.26. The van der Waals surface area contributed by atoms with Gasteiger partial charge >= 0.3 is 0 Å². The summed E-state index contributed by atoms with van der Waals surface area (Å²) in [6.45, 7) is 3.48. The van der Waals surface area contributed by atoms with E-state index in [9.17, 15) is 4.79 Å². The molecule has 0 saturated carbocycles. The van der Waals surface area contributed by atoms with Crippen molar-refractivity contribution in [3.63, 3.8) is 0 Å². The highest BCUT2D eigenvalue weighted by Crippen LogP contribution is 2.15. The summed E-state index contributed by atoms with van der Waals surface area (Å²) in [5.41, 5.74) is 4.10. The average Bonchev–Trinajstić information content (AvgIpc) is 3.16. The number of anilines is 1. The number of hydrogen-bond acceptors (Lipinski definition) is 5. The van der Waals surface area contributed by atoms with Crippen LogP contribution < -0.4 is 5.32 Å². The van der Waals surface area contributed by atoms with Crippen LogP contribution in [0.15, 0.2) is 42.5 Å². The van der Waals surface area contributed by atoms with Gasteiger partial charge in [0, 0.05) is 42.4 Å². The molecule has 0 radical (unpaired) electrons. The van der Waals surface area contributed by atoms with Crippen LogP contribution >= 0.6 is 11.8 Å². The van der Waals surface area contributed by atoms with Crippen molar-refractivity contribution in [2.24, 2.45) is 0 Å². The Morgan fingerprint density at radius 1 is 1.08 bits per heavy atom. The first kappa shape index (κ1) is 17.1. The number of benzene rings is 2. The van der Waals surface area contributed by atoms with Crippen LogP contribution in [0.3, 0.4) is 0 Å². The number of carbonyl (C=O) groups is 1. The van der Waals surface area contributed by atoms with E-state index < -0.39 is 0 Å². The molecule has 4 rings (SSSR count). The minimum absolute atomic E-state index is 0.145. The molecule has 0 atom stereocenters. The zero-order valence-electron chi connectivity index (χ0n) is 14.4. The topological polar surface area (TPSA) is 73.9 Å². The Balaban J connectivity index is 1.34. The fourth-order valence-corrected chi connectivity index (χ4v) is 4.03. The van der Waals surface area contributed by atoms with Crippen LogP contribution in [0.1, 0.15) is 15.9 Å². The maximum atomic E-state index is 12.4. The van der Waals surface area contributed by atoms with Crippen molar-refractivity contribution in [1.82, 2.24) is 20.3 Å². The quantitative estimate of drug-likeness (QED) is 0.725. The van der Waals surface area contributed by atoms with Gasteiger partial charge in [-0.25, -0.2) is 0 Å². The molecule has 1 aliphatic heterocycles. The molecule has 2 N–H and O–H groups in total. The number of carbonyl (C=O) groups excluding carboxylic acids is 1. The van der Waals surface area contributed by atoms with Crippen molar-refractivity contribution >= 4 is 34.4 Å². The van der Waals surface area contributed by atoms with Crippen LogP contribution in [-0.2, 0) is 6.42 Å². The fourth-order valence-electron chi connectivity index (χ4n) is 3.05. The number of thioether (sulfide) groups is 1. The van der Waals surface area contributed by atoms with E-state index in [1.807, 2.05) is 23.9 Å². The third-order valence-electron chi connectivity index (χ3n) is 4.61. The molecular weight excluding hydrogens is 346 g/mol. The SMILES string of the molecule is O=C(Nc1ccc(CCN2CCSCC2)cc1)c1ccc2n[nH]nc2c1. The van der Waals surface area contributed by atoms with Crippen LogP contribution in [0.25, 0.3) is 11.0 Å². The first-order valence-electron chi connectivity index (χ1n) is 8.79. The van der Waals surface area contributed by atoms with Gasteiger partial charge in [0.05, 0.1) is 0 Å². The van der Waals surface area contributed by atoms with Gasteiger partial charge in [-0.3, -0.25) is 4.79 Å². The lowest BCUT2D eigenvalue weighted by molar-refractivity contribution is 0.102. The number of aromatic nitrogens is 3. The second-order valence-electron chi connectivity index (χ2n) is 6.38. The van der Waals surface area contributed by atoms with E-state index in [-0.39, 0.29) is 5.91 Å². The lowest BCUT2D eigenvalue weighted by atomic mass is 10.1. The van der Waals surface area contributed by atoms with Crippen molar-refractivity contribution in [2.45, 2.75) is 6.42 Å². The van der Waals surface area contributed by atoms with Gasteiger partial charge in [0.1, 0.15) is 11.0 Å². The van der Waals surface area contributed by atoms with E-state index in [1.165, 1.54) is 30.2 Å². The molecule has 1 fully saturated rings. The summed E-state index contributed by atoms with van der Waals surface area (Å²) in [5.74, 6) is 2.34. The normalized spacial score (nSPS) is 15.2. The summed E-state index contributed by atoms with van der Waals surface area (Å²) in [6, 6.07) is 13.4. The van der Waals surface area contributed by atoms with E-state index in [2.05, 4.69) is 37.8 Å². The summed E-state index contributed by atoms with van der Waals surface area (Å²) in [5, 5.41) is 13.5. The van der Waals surface area contributed by atoms with Gasteiger partial charge < -0.3 is 10.2 Å². The Morgan fingerprint density at radius 3 is 2.65 bits per heavy atom. The number of nitrogens with one attached hydrogen (secondary N) is 2. The van der Waals surface area contributed by atoms with Crippen molar-refractivity contribution in [3.8, 4) is 0 Å². The third kappa shape index (κ3) is 4.05. The van der Waals surface area contributed by atoms with E-state index in [0.29, 0.717) is 11.1 Å². The Morgan fingerprint density at radius 2 is 1.85 bits per heavy atom. The molecule has 0 bridgehead atoms. The first-order valence-corrected chi connectivity index (χ1v) is 9.94. The molecule has 0 aliphatic carbocycles. The second-order valence-corrected chi connectivity index (χ2v) is 7.61. The molecule has 2 heterocycles. The van der Waals surface area contributed by atoms with E-state index in [0.717, 1.165) is 24.2 Å². The molecule has 0 spiro atoms. The molecular formula is C19H21N5OS. The van der Waals surface area contributed by atoms with Crippen LogP contribution in [-0.4, -0.2) is 57.4 Å². The Kier molecular flexibility index (Phi) is 5.17. The van der Waals surface area contributed by atoms with E-state index in [1.54, 1.807) is 18.2 Å². The number of fused-ring (bicyclic) bond motifs is 1. The van der Waals surface area contributed by atoms with E-state index in [4.69, 9.17) is 0 Å². The number of hydrogen-bond donors (Lipinski definition) is 2. The summed E-state index contributed by atoms with van der Waals surface area (Å²) >= 11 is 2.04. The molecule has 134 valence electrons. The predicted molar refractivity (Wildman–Crippen MR) is 106 cm³/mol. The van der Waals surface area contributed by atoms with Crippen molar-refractivity contribution in [2.75, 3.05) is 36.5 Å². The molecule has 3 aromatic rings. The summed E-state index contributed by atoms with van der Waals surface area (Å²) in [6.07, 6.45) is 1.04. The van der Waals surface area contributed by atoms with Gasteiger partial charge in [0.15, 0.2) is 0 Å². The van der Waals surface area contributed by atoms with Crippen LogP contribution in [0, 0.1) is 0 Å². The molecule has 1 aromatic heterocycles. The van der Waals surface area contributed by atoms with Gasteiger partial charge in [-0.05, 0) is 42.3 Å². The Labute approximate surface area is 156 Å². The average molecular weight is 367 g/mol. The minimum Gasteiger partial charge on any atom is -0.322 e. The Bertz CT molecular complexity index is 886. The van der Waals surface area contributed by atoms with Crippen LogP contribution in [0.4, 0.5) is 5.69 Å². The molecule has 1 saturated heterocycles. The minimum atomic E-state index is -0.145. The highest BCUT2D eigenvalue weighted by atomic mass is 32.2. The van der Waals surface area contributed by atoms with Gasteiger partial charge in [-0.2, -0.15) is 27.2 Å². The van der Waals surface area contributed by atoms with Crippen LogP contribution in [0.2, 0.25) is 0 Å². The lowest BCUT2D eigenvalue weighted by Crippen LogP contribution is -2.34. The van der Waals surface area contributed by atoms with Gasteiger partial charge in [0.2, 0.25) is 0 Å². The summed E-state index contributed by atoms with van der Waals surface area (Å²) in [7, 11) is 0. The summed E-state index contributed by atoms with van der Waals surface area (Å²) in [4.78, 5) is 14.9. The van der Waals surface area contributed by atoms with Crippen molar-refractivity contribution in [3.05, 3.63) is 53.6 Å². The van der Waals surface area contributed by atoms with Crippen LogP contribution in [0.5, 0.6) is 0 Å². The largest absolute Gasteiger partial charge is 0.322 e. The van der Waals surface area contributed by atoms with E-state index >= 15 is 0 Å². The first-order chi connectivity index (χ1) is 12.8. The second kappa shape index (κ2) is 7.88. The molecule has 7 heteroatoms. The number of nitrogens with zero attached hydrogens (tertiary/aromatic N) is 3. The highest BCUT2D eigenvalue weighted by molar-refractivity contribution is 7.99. The zero-order valence-corrected chi connectivity index (χ0v) is 15.3. The predicted octanol–water partition coefficient (Wildman–Crippen LogP) is 2.80. The molecule has 2 aromatic carbocycles. The summed E-state index contributed by atoms with van der Waals surface area (Å²) < 4.78 is 0. The number of amides is 1. The smallest absolute Gasteiger partial charge is 0.255 e. The molecule has 1 aliphatic rings. The molecule has 0 unspecified atom stereocenters. The Hall–Kier alpha value is -2.38. The maximum absolute atomic E-state index is 12.4. The highest BCUT2D eigenvalue weighted by Gasteiger charge is 2.11. The van der Waals surface area contributed by atoms with Crippen molar-refractivity contribution < 1.29 is 4.79 Å². The fraction of sp³-hybridized carbons (Fsp3) is 0.316. The zero-order chi connectivity index (χ0) is 17.8. The van der Waals surface area contributed by atoms with Crippen molar-refractivity contribution in [1.29, 1.82) is 0 Å². The van der Waals surface area contributed by atoms with Gasteiger partial charge in [-0.1, -0.05) is 12.1 Å². The number of rotatable bonds is 5. The van der Waals surface area contributed by atoms with Gasteiger partial charge in [0.25, 0.3) is 5.91 Å². The number of aromatic amines is 1. The third-order valence-corrected chi connectivity index (χ3v) is 5.55. The molecule has 26 heavy (non-hydrogen) atoms. The number of H-pyrrole nitrogens is 1. The standard InChI is InChI=1S/C19H21N5OS/c25-19(15-3-6-17-18(13-15)22-23-21-17)20-16-4-1-14(2-5-16)7-8-24-9-11-26-12-10-24/h1-6,13H,7-12H2,(H,20,25)(H,21,22,23). The maximum Gasteiger partial charge on any atom is 0.255 e. The van der Waals surface area contributed by atoms with Gasteiger partial charge in [-0.15, -0.1) is 0 Å². The molecule has 6 nitrogen and oxygen atoms in total. The molecule has 1 amide bonds.